The van der Waals surface area contributed by atoms with Crippen molar-refractivity contribution in [2.75, 3.05) is 43.9 Å². The van der Waals surface area contributed by atoms with Gasteiger partial charge in [0.2, 0.25) is 0 Å². The van der Waals surface area contributed by atoms with Crippen LogP contribution in [0.3, 0.4) is 0 Å². The van der Waals surface area contributed by atoms with E-state index in [-0.39, 0.29) is 17.6 Å². The third-order valence-corrected chi connectivity index (χ3v) is 5.34. The van der Waals surface area contributed by atoms with E-state index in [0.29, 0.717) is 11.3 Å². The van der Waals surface area contributed by atoms with Gasteiger partial charge in [-0.3, -0.25) is 14.5 Å². The largest absolute Gasteiger partial charge is 0.459 e. The first-order valence-corrected chi connectivity index (χ1v) is 10.3. The van der Waals surface area contributed by atoms with E-state index in [2.05, 4.69) is 27.5 Å². The highest BCUT2D eigenvalue weighted by atomic mass is 16.3. The molecule has 31 heavy (non-hydrogen) atoms. The predicted octanol–water partition coefficient (Wildman–Crippen LogP) is 3.53. The van der Waals surface area contributed by atoms with Crippen LogP contribution in [0.1, 0.15) is 26.5 Å². The normalized spacial score (nSPS) is 14.9. The van der Waals surface area contributed by atoms with Gasteiger partial charge in [0, 0.05) is 49.7 Å². The maximum atomic E-state index is 12.7. The van der Waals surface area contributed by atoms with E-state index in [4.69, 9.17) is 4.42 Å². The van der Waals surface area contributed by atoms with Crippen molar-refractivity contribution in [2.45, 2.75) is 6.54 Å². The van der Waals surface area contributed by atoms with Gasteiger partial charge in [-0.1, -0.05) is 18.2 Å². The van der Waals surface area contributed by atoms with E-state index < -0.39 is 0 Å². The fraction of sp³-hybridized carbons (Fsp3) is 0.250. The third-order valence-electron chi connectivity index (χ3n) is 5.34. The maximum Gasteiger partial charge on any atom is 0.291 e. The predicted molar refractivity (Wildman–Crippen MR) is 120 cm³/mol. The average Bonchev–Trinajstić information content (AvgIpc) is 3.32. The first-order valence-electron chi connectivity index (χ1n) is 10.3. The Hall–Kier alpha value is -3.42. The second-order valence-corrected chi connectivity index (χ2v) is 7.74. The number of hydrogen-bond acceptors (Lipinski definition) is 5. The molecular weight excluding hydrogens is 392 g/mol. The average molecular weight is 418 g/mol. The van der Waals surface area contributed by atoms with Gasteiger partial charge < -0.3 is 20.0 Å². The van der Waals surface area contributed by atoms with E-state index in [1.165, 1.54) is 11.8 Å². The quantitative estimate of drug-likeness (QED) is 0.640. The lowest BCUT2D eigenvalue weighted by Crippen LogP contribution is -2.43. The second-order valence-electron chi connectivity index (χ2n) is 7.74. The van der Waals surface area contributed by atoms with Crippen LogP contribution in [0, 0.1) is 0 Å². The Bertz CT molecular complexity index is 1020. The molecule has 0 radical (unpaired) electrons. The van der Waals surface area contributed by atoms with Crippen LogP contribution in [0.25, 0.3) is 0 Å². The molecule has 0 aliphatic carbocycles. The molecule has 2 amide bonds. The minimum Gasteiger partial charge on any atom is -0.459 e. The number of piperazine rings is 1. The van der Waals surface area contributed by atoms with Gasteiger partial charge >= 0.3 is 0 Å². The van der Waals surface area contributed by atoms with Crippen LogP contribution in [0.5, 0.6) is 0 Å². The number of rotatable bonds is 6. The number of carbonyl (C=O) groups excluding carboxylic acids is 2. The van der Waals surface area contributed by atoms with Gasteiger partial charge in [0.15, 0.2) is 5.76 Å². The van der Waals surface area contributed by atoms with Crippen molar-refractivity contribution in [3.8, 4) is 0 Å². The number of amides is 2. The van der Waals surface area contributed by atoms with Crippen LogP contribution >= 0.6 is 0 Å². The standard InChI is InChI=1S/C24H26N4O3/c1-27-11-13-28(14-12-27)17-18-7-9-20(10-8-18)25-23(29)19-4-2-5-21(16-19)26-24(30)22-6-3-15-31-22/h2-10,15-16H,11-14,17H2,1H3,(H,25,29)(H,26,30). The van der Waals surface area contributed by atoms with Crippen molar-refractivity contribution < 1.29 is 14.0 Å². The van der Waals surface area contributed by atoms with Gasteiger partial charge in [-0.2, -0.15) is 0 Å². The van der Waals surface area contributed by atoms with Crippen molar-refractivity contribution in [1.82, 2.24) is 9.80 Å². The van der Waals surface area contributed by atoms with Gasteiger partial charge in [-0.25, -0.2) is 0 Å². The van der Waals surface area contributed by atoms with Crippen LogP contribution in [-0.4, -0.2) is 54.8 Å². The summed E-state index contributed by atoms with van der Waals surface area (Å²) in [4.78, 5) is 29.6. The molecule has 1 aliphatic heterocycles. The van der Waals surface area contributed by atoms with Crippen LogP contribution in [0.2, 0.25) is 0 Å². The van der Waals surface area contributed by atoms with Gasteiger partial charge in [-0.05, 0) is 55.1 Å². The van der Waals surface area contributed by atoms with Crippen LogP contribution in [0.15, 0.2) is 71.3 Å². The SMILES string of the molecule is CN1CCN(Cc2ccc(NC(=O)c3cccc(NC(=O)c4ccco4)c3)cc2)CC1. The summed E-state index contributed by atoms with van der Waals surface area (Å²) in [7, 11) is 2.15. The van der Waals surface area contributed by atoms with E-state index in [9.17, 15) is 9.59 Å². The molecule has 1 fully saturated rings. The molecule has 1 aromatic heterocycles. The molecule has 0 atom stereocenters. The van der Waals surface area contributed by atoms with Crippen LogP contribution in [-0.2, 0) is 6.54 Å². The van der Waals surface area contributed by atoms with E-state index in [1.54, 1.807) is 36.4 Å². The minimum atomic E-state index is -0.363. The molecule has 1 aliphatic rings. The number of nitrogens with one attached hydrogen (secondary N) is 2. The molecule has 0 spiro atoms. The molecule has 2 heterocycles. The third kappa shape index (κ3) is 5.59. The van der Waals surface area contributed by atoms with Gasteiger partial charge in [-0.15, -0.1) is 0 Å². The molecule has 160 valence electrons. The molecule has 0 saturated carbocycles. The first kappa shape index (κ1) is 20.8. The van der Waals surface area contributed by atoms with Crippen molar-refractivity contribution in [3.63, 3.8) is 0 Å². The van der Waals surface area contributed by atoms with Gasteiger partial charge in [0.1, 0.15) is 0 Å². The zero-order valence-electron chi connectivity index (χ0n) is 17.5. The summed E-state index contributed by atoms with van der Waals surface area (Å²) in [6.45, 7) is 5.24. The number of anilines is 2. The number of carbonyl (C=O) groups is 2. The van der Waals surface area contributed by atoms with Crippen molar-refractivity contribution in [3.05, 3.63) is 83.8 Å². The Balaban J connectivity index is 1.34. The van der Waals surface area contributed by atoms with Gasteiger partial charge in [0.05, 0.1) is 6.26 Å². The molecule has 2 N–H and O–H groups in total. The Morgan fingerprint density at radius 1 is 0.871 bits per heavy atom. The molecule has 7 heteroatoms. The zero-order chi connectivity index (χ0) is 21.6. The van der Waals surface area contributed by atoms with E-state index >= 15 is 0 Å². The monoisotopic (exact) mass is 418 g/mol. The summed E-state index contributed by atoms with van der Waals surface area (Å²) in [5.41, 5.74) is 2.94. The number of furan rings is 1. The summed E-state index contributed by atoms with van der Waals surface area (Å²) in [5, 5.41) is 5.64. The number of benzene rings is 2. The lowest BCUT2D eigenvalue weighted by molar-refractivity contribution is 0.0993. The Morgan fingerprint density at radius 2 is 1.61 bits per heavy atom. The molecule has 1 saturated heterocycles. The Morgan fingerprint density at radius 3 is 2.32 bits per heavy atom. The molecule has 0 bridgehead atoms. The number of likely N-dealkylation sites (N-methyl/N-ethyl adjacent to an activating group) is 1. The number of nitrogens with zero attached hydrogens (tertiary/aromatic N) is 2. The molecule has 2 aromatic carbocycles. The zero-order valence-corrected chi connectivity index (χ0v) is 17.5. The molecule has 4 rings (SSSR count). The number of hydrogen-bond donors (Lipinski definition) is 2. The second kappa shape index (κ2) is 9.59. The molecule has 7 nitrogen and oxygen atoms in total. The highest BCUT2D eigenvalue weighted by Gasteiger charge is 2.14. The summed E-state index contributed by atoms with van der Waals surface area (Å²) in [6.07, 6.45) is 1.44. The smallest absolute Gasteiger partial charge is 0.291 e. The maximum absolute atomic E-state index is 12.7. The summed E-state index contributed by atoms with van der Waals surface area (Å²) in [5.74, 6) is -0.383. The topological polar surface area (TPSA) is 77.8 Å². The van der Waals surface area contributed by atoms with Crippen molar-refractivity contribution in [2.24, 2.45) is 0 Å². The first-order chi connectivity index (χ1) is 15.1. The molecular formula is C24H26N4O3. The Labute approximate surface area is 181 Å². The summed E-state index contributed by atoms with van der Waals surface area (Å²) < 4.78 is 5.09. The summed E-state index contributed by atoms with van der Waals surface area (Å²) >= 11 is 0. The van der Waals surface area contributed by atoms with E-state index in [0.717, 1.165) is 38.4 Å². The van der Waals surface area contributed by atoms with Gasteiger partial charge in [0.25, 0.3) is 11.8 Å². The lowest BCUT2D eigenvalue weighted by atomic mass is 10.1. The lowest BCUT2D eigenvalue weighted by Gasteiger charge is -2.32. The highest BCUT2D eigenvalue weighted by molar-refractivity contribution is 6.06. The fourth-order valence-electron chi connectivity index (χ4n) is 3.50. The van der Waals surface area contributed by atoms with Crippen LogP contribution in [0.4, 0.5) is 11.4 Å². The molecule has 3 aromatic rings. The fourth-order valence-corrected chi connectivity index (χ4v) is 3.50. The van der Waals surface area contributed by atoms with E-state index in [1.807, 2.05) is 24.3 Å². The van der Waals surface area contributed by atoms with Crippen LogP contribution < -0.4 is 10.6 Å². The van der Waals surface area contributed by atoms with Crippen molar-refractivity contribution in [1.29, 1.82) is 0 Å². The minimum absolute atomic E-state index is 0.214. The Kier molecular flexibility index (Phi) is 6.45. The van der Waals surface area contributed by atoms with Crippen molar-refractivity contribution >= 4 is 23.2 Å². The highest BCUT2D eigenvalue weighted by Crippen LogP contribution is 2.16. The summed E-state index contributed by atoms with van der Waals surface area (Å²) in [6, 6.07) is 18.0. The molecule has 0 unspecified atom stereocenters.